The number of aryl methyl sites for hydroxylation is 1. The zero-order chi connectivity index (χ0) is 23.8. The lowest BCUT2D eigenvalue weighted by molar-refractivity contribution is -0.353. The lowest BCUT2D eigenvalue weighted by atomic mass is 9.89. The van der Waals surface area contributed by atoms with Gasteiger partial charge in [-0.1, -0.05) is 18.2 Å². The third kappa shape index (κ3) is 5.87. The zero-order valence-electron chi connectivity index (χ0n) is 17.5. The van der Waals surface area contributed by atoms with Crippen LogP contribution < -0.4 is 10.1 Å². The van der Waals surface area contributed by atoms with Crippen molar-refractivity contribution in [2.75, 3.05) is 0 Å². The molecule has 1 fully saturated rings. The van der Waals surface area contributed by atoms with E-state index < -0.39 is 30.6 Å². The van der Waals surface area contributed by atoms with Gasteiger partial charge in [-0.25, -0.2) is 0 Å². The first-order chi connectivity index (χ1) is 15.6. The Kier molecular flexibility index (Phi) is 6.69. The minimum Gasteiger partial charge on any atom is -0.480 e. The van der Waals surface area contributed by atoms with Crippen LogP contribution in [0.25, 0.3) is 0 Å². The molecule has 1 saturated carbocycles. The minimum absolute atomic E-state index is 0.0969. The first-order valence-corrected chi connectivity index (χ1v) is 10.9. The summed E-state index contributed by atoms with van der Waals surface area (Å²) in [5.74, 6) is 0.00992. The van der Waals surface area contributed by atoms with Crippen LogP contribution in [0.3, 0.4) is 0 Å². The molecule has 0 radical (unpaired) electrons. The number of aromatic nitrogens is 2. The fourth-order valence-corrected chi connectivity index (χ4v) is 4.12. The van der Waals surface area contributed by atoms with Gasteiger partial charge in [-0.15, -0.1) is 13.2 Å². The van der Waals surface area contributed by atoms with Crippen LogP contribution in [0.1, 0.15) is 49.0 Å². The van der Waals surface area contributed by atoms with Crippen molar-refractivity contribution in [3.8, 4) is 5.75 Å². The summed E-state index contributed by atoms with van der Waals surface area (Å²) in [5, 5.41) is 17.7. The molecule has 0 bridgehead atoms. The predicted octanol–water partition coefficient (Wildman–Crippen LogP) is 4.22. The average Bonchev–Trinajstić information content (AvgIpc) is 3.17. The number of allylic oxidation sites excluding steroid dienone is 1. The van der Waals surface area contributed by atoms with Crippen LogP contribution in [0.15, 0.2) is 42.9 Å². The van der Waals surface area contributed by atoms with Gasteiger partial charge in [0.25, 0.3) is 5.91 Å². The number of alkyl halides is 3. The summed E-state index contributed by atoms with van der Waals surface area (Å²) in [5.41, 5.74) is 1.90. The summed E-state index contributed by atoms with van der Waals surface area (Å²) in [7, 11) is 0. The average molecular weight is 486 g/mol. The number of benzene rings is 1. The molecule has 11 heteroatoms. The SMILES string of the molecule is C=C(CCc1cnn(C2CC(OC(F)(F)F)C2)c1)NC(=O)[C@H]1C[C@@H](O)c2cc(Cl)ccc2O1. The number of nitrogens with one attached hydrogen (secondary N) is 1. The molecule has 2 N–H and O–H groups in total. The van der Waals surface area contributed by atoms with E-state index in [4.69, 9.17) is 16.3 Å². The molecule has 1 aromatic heterocycles. The summed E-state index contributed by atoms with van der Waals surface area (Å²) in [6.07, 6.45) is -2.14. The number of amides is 1. The number of hydrogen-bond donors (Lipinski definition) is 2. The lowest BCUT2D eigenvalue weighted by Gasteiger charge is -2.35. The summed E-state index contributed by atoms with van der Waals surface area (Å²) in [6.45, 7) is 3.88. The van der Waals surface area contributed by atoms with E-state index in [1.54, 1.807) is 35.3 Å². The van der Waals surface area contributed by atoms with Crippen molar-refractivity contribution in [3.63, 3.8) is 0 Å². The maximum atomic E-state index is 12.6. The molecule has 1 aliphatic carbocycles. The number of carbonyl (C=O) groups is 1. The third-order valence-electron chi connectivity index (χ3n) is 5.74. The molecule has 1 aliphatic heterocycles. The molecule has 1 amide bonds. The Balaban J connectivity index is 1.23. The van der Waals surface area contributed by atoms with Crippen molar-refractivity contribution in [1.82, 2.24) is 15.1 Å². The smallest absolute Gasteiger partial charge is 0.480 e. The van der Waals surface area contributed by atoms with Gasteiger partial charge in [-0.05, 0) is 49.4 Å². The van der Waals surface area contributed by atoms with E-state index in [0.29, 0.717) is 34.9 Å². The number of aliphatic hydroxyl groups excluding tert-OH is 1. The van der Waals surface area contributed by atoms with E-state index in [1.165, 1.54) is 0 Å². The van der Waals surface area contributed by atoms with Crippen LogP contribution in [0.4, 0.5) is 13.2 Å². The van der Waals surface area contributed by atoms with Gasteiger partial charge in [0.05, 0.1) is 24.4 Å². The molecule has 0 spiro atoms. The topological polar surface area (TPSA) is 85.6 Å². The summed E-state index contributed by atoms with van der Waals surface area (Å²) < 4.78 is 48.1. The molecule has 0 saturated heterocycles. The number of rotatable bonds is 7. The number of aliphatic hydroxyl groups is 1. The van der Waals surface area contributed by atoms with Crippen molar-refractivity contribution in [2.45, 2.75) is 62.8 Å². The van der Waals surface area contributed by atoms with Gasteiger partial charge < -0.3 is 15.2 Å². The molecule has 2 atom stereocenters. The molecule has 178 valence electrons. The van der Waals surface area contributed by atoms with Crippen LogP contribution in [0.2, 0.25) is 5.02 Å². The monoisotopic (exact) mass is 485 g/mol. The van der Waals surface area contributed by atoms with Crippen LogP contribution in [-0.2, 0) is 16.0 Å². The Morgan fingerprint density at radius 3 is 2.85 bits per heavy atom. The van der Waals surface area contributed by atoms with Crippen molar-refractivity contribution in [1.29, 1.82) is 0 Å². The number of fused-ring (bicyclic) bond motifs is 1. The second-order valence-corrected chi connectivity index (χ2v) is 8.71. The molecule has 7 nitrogen and oxygen atoms in total. The highest BCUT2D eigenvalue weighted by Crippen LogP contribution is 2.38. The Morgan fingerprint density at radius 2 is 2.12 bits per heavy atom. The molecular weight excluding hydrogens is 463 g/mol. The van der Waals surface area contributed by atoms with E-state index in [9.17, 15) is 23.1 Å². The predicted molar refractivity (Wildman–Crippen MR) is 112 cm³/mol. The molecule has 1 aromatic carbocycles. The molecule has 33 heavy (non-hydrogen) atoms. The number of nitrogens with zero attached hydrogens (tertiary/aromatic N) is 2. The van der Waals surface area contributed by atoms with Crippen LogP contribution in [0, 0.1) is 0 Å². The van der Waals surface area contributed by atoms with E-state index in [-0.39, 0.29) is 25.3 Å². The Bertz CT molecular complexity index is 1040. The standard InChI is InChI=1S/C22H23ClF3N3O4/c1-12(28-21(31)20-9-18(30)17-6-14(23)4-5-19(17)32-20)2-3-13-10-27-29(11-13)15-7-16(8-15)33-22(24,25)26/h4-6,10-11,15-16,18,20,30H,1-3,7-9H2,(H,28,31)/t15?,16?,18-,20-/m1/s1. The molecule has 2 aromatic rings. The van der Waals surface area contributed by atoms with Gasteiger partial charge in [0, 0.05) is 28.9 Å². The molecular formula is C22H23ClF3N3O4. The summed E-state index contributed by atoms with van der Waals surface area (Å²) >= 11 is 5.94. The van der Waals surface area contributed by atoms with Gasteiger partial charge in [-0.2, -0.15) is 5.10 Å². The van der Waals surface area contributed by atoms with E-state index >= 15 is 0 Å². The van der Waals surface area contributed by atoms with Crippen molar-refractivity contribution in [2.24, 2.45) is 0 Å². The fourth-order valence-electron chi connectivity index (χ4n) is 3.94. The van der Waals surface area contributed by atoms with E-state index in [2.05, 4.69) is 21.7 Å². The molecule has 2 aliphatic rings. The molecule has 2 heterocycles. The molecule has 4 rings (SSSR count). The molecule has 0 unspecified atom stereocenters. The van der Waals surface area contributed by atoms with Gasteiger partial charge >= 0.3 is 6.36 Å². The van der Waals surface area contributed by atoms with E-state index in [1.807, 2.05) is 0 Å². The highest BCUT2D eigenvalue weighted by molar-refractivity contribution is 6.30. The maximum Gasteiger partial charge on any atom is 0.522 e. The van der Waals surface area contributed by atoms with Crippen LogP contribution in [-0.4, -0.2) is 39.4 Å². The first kappa shape index (κ1) is 23.6. The number of hydrogen-bond acceptors (Lipinski definition) is 5. The van der Waals surface area contributed by atoms with Gasteiger partial charge in [0.1, 0.15) is 5.75 Å². The van der Waals surface area contributed by atoms with Gasteiger partial charge in [-0.3, -0.25) is 14.2 Å². The Morgan fingerprint density at radius 1 is 1.36 bits per heavy atom. The minimum atomic E-state index is -4.62. The summed E-state index contributed by atoms with van der Waals surface area (Å²) in [4.78, 5) is 12.6. The zero-order valence-corrected chi connectivity index (χ0v) is 18.3. The quantitative estimate of drug-likeness (QED) is 0.613. The largest absolute Gasteiger partial charge is 0.522 e. The Hall–Kier alpha value is -2.56. The summed E-state index contributed by atoms with van der Waals surface area (Å²) in [6, 6.07) is 4.73. The third-order valence-corrected chi connectivity index (χ3v) is 5.98. The van der Waals surface area contributed by atoms with Crippen LogP contribution >= 0.6 is 11.6 Å². The number of halogens is 4. The highest BCUT2D eigenvalue weighted by Gasteiger charge is 2.41. The fraction of sp³-hybridized carbons (Fsp3) is 0.455. The van der Waals surface area contributed by atoms with E-state index in [0.717, 1.165) is 5.56 Å². The van der Waals surface area contributed by atoms with Crippen molar-refractivity contribution in [3.05, 3.63) is 59.0 Å². The number of ether oxygens (including phenoxy) is 2. The first-order valence-electron chi connectivity index (χ1n) is 10.5. The van der Waals surface area contributed by atoms with Gasteiger partial charge in [0.2, 0.25) is 0 Å². The lowest BCUT2D eigenvalue weighted by Crippen LogP contribution is -2.41. The number of carbonyl (C=O) groups excluding carboxylic acids is 1. The second-order valence-electron chi connectivity index (χ2n) is 8.27. The second kappa shape index (κ2) is 9.36. The van der Waals surface area contributed by atoms with Crippen LogP contribution in [0.5, 0.6) is 5.75 Å². The maximum absolute atomic E-state index is 12.6. The highest BCUT2D eigenvalue weighted by atomic mass is 35.5. The van der Waals surface area contributed by atoms with Crippen molar-refractivity contribution >= 4 is 17.5 Å². The van der Waals surface area contributed by atoms with Crippen molar-refractivity contribution < 1.29 is 32.5 Å². The van der Waals surface area contributed by atoms with Gasteiger partial charge in [0.15, 0.2) is 6.10 Å². The normalized spacial score (nSPS) is 24.4. The Labute approximate surface area is 193 Å².